The van der Waals surface area contributed by atoms with Gasteiger partial charge < -0.3 is 10.2 Å². The molecule has 0 unspecified atom stereocenters. The minimum absolute atomic E-state index is 0.102. The Labute approximate surface area is 158 Å². The van der Waals surface area contributed by atoms with Crippen molar-refractivity contribution in [3.8, 4) is 0 Å². The topological polar surface area (TPSA) is 95.6 Å². The van der Waals surface area contributed by atoms with Crippen molar-refractivity contribution < 1.29 is 18.0 Å². The van der Waals surface area contributed by atoms with Crippen molar-refractivity contribution in [2.45, 2.75) is 19.8 Å². The molecule has 3 rings (SSSR count). The third-order valence-corrected chi connectivity index (χ3v) is 4.88. The zero-order valence-electron chi connectivity index (χ0n) is 15.2. The number of carbonyl (C=O) groups excluding carboxylic acids is 2. The lowest BCUT2D eigenvalue weighted by Gasteiger charge is -2.16. The fourth-order valence-corrected chi connectivity index (χ4v) is 3.60. The van der Waals surface area contributed by atoms with Crippen LogP contribution in [0.15, 0.2) is 42.5 Å². The van der Waals surface area contributed by atoms with Crippen LogP contribution in [0.5, 0.6) is 0 Å². The molecule has 7 nitrogen and oxygen atoms in total. The molecule has 0 aliphatic carbocycles. The number of sulfonamides is 1. The Kier molecular flexibility index (Phi) is 5.18. The largest absolute Gasteiger partial charge is 0.322 e. The van der Waals surface area contributed by atoms with Crippen molar-refractivity contribution in [2.75, 3.05) is 27.7 Å². The first-order chi connectivity index (χ1) is 12.7. The van der Waals surface area contributed by atoms with Crippen molar-refractivity contribution in [3.05, 3.63) is 53.6 Å². The molecule has 2 amide bonds. The van der Waals surface area contributed by atoms with E-state index in [2.05, 4.69) is 10.0 Å². The Bertz CT molecular complexity index is 985. The Morgan fingerprint density at radius 2 is 1.81 bits per heavy atom. The van der Waals surface area contributed by atoms with Gasteiger partial charge in [-0.25, -0.2) is 8.42 Å². The molecule has 8 heteroatoms. The smallest absolute Gasteiger partial charge is 0.255 e. The standard InChI is InChI=1S/C19H21N3O4S/c1-13-12-15(7-10-17(13)21-27(2,25)26)20-19(24)14-5-8-16(9-6-14)22-11-3-4-18(22)23/h5-10,12,21H,3-4,11H2,1-2H3,(H,20,24). The van der Waals surface area contributed by atoms with Gasteiger partial charge in [-0.3, -0.25) is 14.3 Å². The molecule has 0 atom stereocenters. The SMILES string of the molecule is Cc1cc(NC(=O)c2ccc(N3CCCC3=O)cc2)ccc1NS(C)(=O)=O. The molecule has 0 aromatic heterocycles. The molecule has 0 saturated carbocycles. The molecule has 2 aromatic rings. The molecule has 0 bridgehead atoms. The molecular formula is C19H21N3O4S. The van der Waals surface area contributed by atoms with Crippen LogP contribution < -0.4 is 14.9 Å². The van der Waals surface area contributed by atoms with Crippen molar-refractivity contribution >= 4 is 38.9 Å². The molecule has 1 saturated heterocycles. The molecule has 1 aliphatic rings. The molecule has 1 fully saturated rings. The number of nitrogens with zero attached hydrogens (tertiary/aromatic N) is 1. The first-order valence-corrected chi connectivity index (χ1v) is 10.4. The highest BCUT2D eigenvalue weighted by molar-refractivity contribution is 7.92. The summed E-state index contributed by atoms with van der Waals surface area (Å²) in [4.78, 5) is 25.9. The van der Waals surface area contributed by atoms with Gasteiger partial charge in [-0.1, -0.05) is 0 Å². The van der Waals surface area contributed by atoms with Crippen molar-refractivity contribution in [1.29, 1.82) is 0 Å². The third kappa shape index (κ3) is 4.65. The number of nitrogens with one attached hydrogen (secondary N) is 2. The van der Waals surface area contributed by atoms with E-state index in [1.807, 2.05) is 0 Å². The zero-order chi connectivity index (χ0) is 19.6. The predicted molar refractivity (Wildman–Crippen MR) is 106 cm³/mol. The molecule has 27 heavy (non-hydrogen) atoms. The van der Waals surface area contributed by atoms with Crippen LogP contribution in [0.25, 0.3) is 0 Å². The van der Waals surface area contributed by atoms with E-state index in [1.54, 1.807) is 54.3 Å². The molecule has 0 radical (unpaired) electrons. The van der Waals surface area contributed by atoms with Crippen LogP contribution in [0, 0.1) is 6.92 Å². The van der Waals surface area contributed by atoms with Gasteiger partial charge in [0.25, 0.3) is 5.91 Å². The fourth-order valence-electron chi connectivity index (χ4n) is 2.97. The second-order valence-electron chi connectivity index (χ2n) is 6.55. The highest BCUT2D eigenvalue weighted by Crippen LogP contribution is 2.23. The van der Waals surface area contributed by atoms with Gasteiger partial charge in [0.15, 0.2) is 0 Å². The van der Waals surface area contributed by atoms with Crippen LogP contribution in [0.4, 0.5) is 17.1 Å². The summed E-state index contributed by atoms with van der Waals surface area (Å²) in [5.74, 6) is -0.178. The van der Waals surface area contributed by atoms with E-state index in [0.29, 0.717) is 35.5 Å². The first kappa shape index (κ1) is 18.9. The first-order valence-electron chi connectivity index (χ1n) is 8.53. The molecule has 2 aromatic carbocycles. The van der Waals surface area contributed by atoms with Crippen molar-refractivity contribution in [3.63, 3.8) is 0 Å². The average molecular weight is 387 g/mol. The molecule has 142 valence electrons. The lowest BCUT2D eigenvalue weighted by atomic mass is 10.1. The van der Waals surface area contributed by atoms with Crippen LogP contribution in [0.2, 0.25) is 0 Å². The maximum atomic E-state index is 12.4. The Morgan fingerprint density at radius 1 is 1.11 bits per heavy atom. The van der Waals surface area contributed by atoms with Gasteiger partial charge in [-0.2, -0.15) is 0 Å². The third-order valence-electron chi connectivity index (χ3n) is 4.29. The highest BCUT2D eigenvalue weighted by Gasteiger charge is 2.21. The number of amides is 2. The van der Waals surface area contributed by atoms with Gasteiger partial charge in [0.1, 0.15) is 0 Å². The van der Waals surface area contributed by atoms with Crippen LogP contribution in [-0.4, -0.2) is 33.0 Å². The Balaban J connectivity index is 1.70. The van der Waals surface area contributed by atoms with Crippen LogP contribution in [0.3, 0.4) is 0 Å². The minimum Gasteiger partial charge on any atom is -0.322 e. The number of anilines is 3. The summed E-state index contributed by atoms with van der Waals surface area (Å²) in [5.41, 5.74) is 2.99. The Hall–Kier alpha value is -2.87. The maximum Gasteiger partial charge on any atom is 0.255 e. The summed E-state index contributed by atoms with van der Waals surface area (Å²) < 4.78 is 25.1. The van der Waals surface area contributed by atoms with E-state index >= 15 is 0 Å². The van der Waals surface area contributed by atoms with Crippen LogP contribution >= 0.6 is 0 Å². The lowest BCUT2D eigenvalue weighted by Crippen LogP contribution is -2.23. The number of hydrogen-bond acceptors (Lipinski definition) is 4. The van der Waals surface area contributed by atoms with Gasteiger partial charge in [0.2, 0.25) is 15.9 Å². The monoisotopic (exact) mass is 387 g/mol. The van der Waals surface area contributed by atoms with E-state index in [9.17, 15) is 18.0 Å². The predicted octanol–water partition coefficient (Wildman–Crippen LogP) is 2.75. The van der Waals surface area contributed by atoms with Gasteiger partial charge in [0.05, 0.1) is 11.9 Å². The summed E-state index contributed by atoms with van der Waals surface area (Å²) in [6, 6.07) is 11.8. The maximum absolute atomic E-state index is 12.4. The van der Waals surface area contributed by atoms with Crippen molar-refractivity contribution in [1.82, 2.24) is 0 Å². The van der Waals surface area contributed by atoms with Gasteiger partial charge in [0, 0.05) is 29.9 Å². The number of rotatable bonds is 5. The number of carbonyl (C=O) groups is 2. The number of hydrogen-bond donors (Lipinski definition) is 2. The summed E-state index contributed by atoms with van der Waals surface area (Å²) in [6.45, 7) is 2.46. The van der Waals surface area contributed by atoms with Crippen molar-refractivity contribution in [2.24, 2.45) is 0 Å². The quantitative estimate of drug-likeness (QED) is 0.825. The molecular weight excluding hydrogens is 366 g/mol. The fraction of sp³-hybridized carbons (Fsp3) is 0.263. The molecule has 1 aliphatic heterocycles. The van der Waals surface area contributed by atoms with E-state index in [4.69, 9.17) is 0 Å². The zero-order valence-corrected chi connectivity index (χ0v) is 16.0. The Morgan fingerprint density at radius 3 is 2.37 bits per heavy atom. The van der Waals surface area contributed by atoms with E-state index in [0.717, 1.165) is 18.4 Å². The second-order valence-corrected chi connectivity index (χ2v) is 8.30. The molecule has 2 N–H and O–H groups in total. The van der Waals surface area contributed by atoms with Gasteiger partial charge in [-0.05, 0) is 61.4 Å². The second kappa shape index (κ2) is 7.40. The van der Waals surface area contributed by atoms with Gasteiger partial charge in [-0.15, -0.1) is 0 Å². The minimum atomic E-state index is -3.36. The summed E-state index contributed by atoms with van der Waals surface area (Å²) >= 11 is 0. The molecule has 1 heterocycles. The lowest BCUT2D eigenvalue weighted by molar-refractivity contribution is -0.117. The van der Waals surface area contributed by atoms with E-state index in [1.165, 1.54) is 0 Å². The average Bonchev–Trinajstić information content (AvgIpc) is 3.02. The van der Waals surface area contributed by atoms with E-state index in [-0.39, 0.29) is 11.8 Å². The normalized spacial score (nSPS) is 14.3. The molecule has 0 spiro atoms. The highest BCUT2D eigenvalue weighted by atomic mass is 32.2. The van der Waals surface area contributed by atoms with Crippen LogP contribution in [-0.2, 0) is 14.8 Å². The summed E-state index contributed by atoms with van der Waals surface area (Å²) in [5, 5.41) is 2.79. The number of aryl methyl sites for hydroxylation is 1. The van der Waals surface area contributed by atoms with E-state index < -0.39 is 10.0 Å². The van der Waals surface area contributed by atoms with Crippen LogP contribution in [0.1, 0.15) is 28.8 Å². The summed E-state index contributed by atoms with van der Waals surface area (Å²) in [7, 11) is -3.36. The summed E-state index contributed by atoms with van der Waals surface area (Å²) in [6.07, 6.45) is 2.50. The van der Waals surface area contributed by atoms with Gasteiger partial charge >= 0.3 is 0 Å². The number of benzene rings is 2.